The Kier molecular flexibility index (Phi) is 6.54. The minimum Gasteiger partial charge on any atom is -0.327 e. The van der Waals surface area contributed by atoms with Crippen molar-refractivity contribution in [3.8, 4) is 0 Å². The van der Waals surface area contributed by atoms with Gasteiger partial charge >= 0.3 is 0 Å². The topological polar surface area (TPSA) is 26.0 Å². The van der Waals surface area contributed by atoms with Gasteiger partial charge in [0.05, 0.1) is 6.33 Å². The lowest BCUT2D eigenvalue weighted by Crippen LogP contribution is -2.05. The Morgan fingerprint density at radius 3 is 2.71 bits per heavy atom. The van der Waals surface area contributed by atoms with Gasteiger partial charge in [0.25, 0.3) is 0 Å². The maximum atomic E-state index is 12.2. The normalized spacial score (nSPS) is 10.9. The summed E-state index contributed by atoms with van der Waals surface area (Å²) in [6.45, 7) is 0.239. The van der Waals surface area contributed by atoms with Crippen LogP contribution in [-0.4, -0.2) is 6.54 Å². The molecule has 2 N–H and O–H groups in total. The number of rotatable bonds is 3. The average molecular weight is 236 g/mol. The Bertz CT molecular complexity index is 313. The van der Waals surface area contributed by atoms with Crippen molar-refractivity contribution < 1.29 is 4.39 Å². The maximum absolute atomic E-state index is 12.2. The van der Waals surface area contributed by atoms with Crippen LogP contribution in [0.3, 0.4) is 0 Å². The summed E-state index contributed by atoms with van der Waals surface area (Å²) in [7, 11) is 0. The molecule has 0 fully saturated rings. The first-order valence-electron chi connectivity index (χ1n) is 3.99. The highest BCUT2D eigenvalue weighted by Gasteiger charge is 1.98. The van der Waals surface area contributed by atoms with Crippen LogP contribution in [0.25, 0.3) is 0 Å². The molecular weight excluding hydrogens is 224 g/mol. The maximum Gasteiger partial charge on any atom is 0.0875 e. The molecule has 4 heteroatoms. The third kappa shape index (κ3) is 4.09. The van der Waals surface area contributed by atoms with E-state index in [4.69, 9.17) is 17.3 Å². The van der Waals surface area contributed by atoms with Gasteiger partial charge in [0.2, 0.25) is 0 Å². The predicted molar refractivity (Wildman–Crippen MR) is 60.6 cm³/mol. The molecule has 1 nitrogen and oxygen atoms in total. The molecular formula is C10H12Cl2FN. The quantitative estimate of drug-likeness (QED) is 0.857. The lowest BCUT2D eigenvalue weighted by molar-refractivity contribution is 0.699. The van der Waals surface area contributed by atoms with Gasteiger partial charge in [0.15, 0.2) is 0 Å². The average Bonchev–Trinajstić information content (AvgIpc) is 2.14. The largest absolute Gasteiger partial charge is 0.327 e. The first-order valence-corrected chi connectivity index (χ1v) is 4.36. The van der Waals surface area contributed by atoms with Gasteiger partial charge in [-0.3, -0.25) is 0 Å². The zero-order chi connectivity index (χ0) is 9.68. The second kappa shape index (κ2) is 6.82. The molecule has 0 unspecified atom stereocenters. The van der Waals surface area contributed by atoms with E-state index in [0.717, 1.165) is 5.56 Å². The van der Waals surface area contributed by atoms with Crippen LogP contribution in [0.1, 0.15) is 5.56 Å². The SMILES string of the molecule is Cl.NC/C(=C\F)Cc1cccc(Cl)c1. The van der Waals surface area contributed by atoms with Crippen molar-refractivity contribution in [1.82, 2.24) is 0 Å². The summed E-state index contributed by atoms with van der Waals surface area (Å²) < 4.78 is 12.2. The van der Waals surface area contributed by atoms with Crippen LogP contribution in [0.2, 0.25) is 5.02 Å². The summed E-state index contributed by atoms with van der Waals surface area (Å²) >= 11 is 5.77. The second-order valence-corrected chi connectivity index (χ2v) is 3.21. The van der Waals surface area contributed by atoms with E-state index < -0.39 is 0 Å². The van der Waals surface area contributed by atoms with E-state index in [0.29, 0.717) is 23.3 Å². The number of hydrogen-bond acceptors (Lipinski definition) is 1. The zero-order valence-corrected chi connectivity index (χ0v) is 9.11. The fourth-order valence-corrected chi connectivity index (χ4v) is 1.28. The minimum absolute atomic E-state index is 0. The monoisotopic (exact) mass is 235 g/mol. The van der Waals surface area contributed by atoms with E-state index in [1.165, 1.54) is 0 Å². The Hall–Kier alpha value is -0.570. The first kappa shape index (κ1) is 13.4. The molecule has 0 saturated carbocycles. The van der Waals surface area contributed by atoms with E-state index in [1.54, 1.807) is 12.1 Å². The summed E-state index contributed by atoms with van der Waals surface area (Å²) in [6, 6.07) is 7.32. The minimum atomic E-state index is 0. The highest BCUT2D eigenvalue weighted by Crippen LogP contribution is 2.13. The molecule has 0 radical (unpaired) electrons. The van der Waals surface area contributed by atoms with Gasteiger partial charge in [0, 0.05) is 11.6 Å². The highest BCUT2D eigenvalue weighted by molar-refractivity contribution is 6.30. The van der Waals surface area contributed by atoms with Crippen LogP contribution in [-0.2, 0) is 6.42 Å². The van der Waals surface area contributed by atoms with E-state index in [2.05, 4.69) is 0 Å². The summed E-state index contributed by atoms with van der Waals surface area (Å²) in [6.07, 6.45) is 1.08. The molecule has 0 aliphatic carbocycles. The van der Waals surface area contributed by atoms with Crippen molar-refractivity contribution in [2.75, 3.05) is 6.54 Å². The van der Waals surface area contributed by atoms with E-state index >= 15 is 0 Å². The molecule has 14 heavy (non-hydrogen) atoms. The Labute approximate surface area is 94.2 Å². The number of nitrogens with two attached hydrogens (primary N) is 1. The third-order valence-corrected chi connectivity index (χ3v) is 1.97. The molecule has 0 saturated heterocycles. The van der Waals surface area contributed by atoms with Crippen molar-refractivity contribution in [3.05, 3.63) is 46.8 Å². The first-order chi connectivity index (χ1) is 6.26. The van der Waals surface area contributed by atoms with Crippen molar-refractivity contribution in [2.24, 2.45) is 5.73 Å². The van der Waals surface area contributed by atoms with E-state index in [1.807, 2.05) is 12.1 Å². The predicted octanol–water partition coefficient (Wildman–Crippen LogP) is 3.12. The van der Waals surface area contributed by atoms with Gasteiger partial charge in [-0.2, -0.15) is 0 Å². The molecule has 1 aromatic rings. The highest BCUT2D eigenvalue weighted by atomic mass is 35.5. The molecule has 0 heterocycles. The van der Waals surface area contributed by atoms with Gasteiger partial charge in [-0.05, 0) is 29.7 Å². The van der Waals surface area contributed by atoms with Crippen molar-refractivity contribution in [3.63, 3.8) is 0 Å². The number of benzene rings is 1. The summed E-state index contributed by atoms with van der Waals surface area (Å²) in [4.78, 5) is 0. The molecule has 78 valence electrons. The van der Waals surface area contributed by atoms with Gasteiger partial charge in [-0.1, -0.05) is 23.7 Å². The van der Waals surface area contributed by atoms with Crippen LogP contribution < -0.4 is 5.73 Å². The second-order valence-electron chi connectivity index (χ2n) is 2.78. The number of halogens is 3. The lowest BCUT2D eigenvalue weighted by Gasteiger charge is -2.02. The van der Waals surface area contributed by atoms with Gasteiger partial charge in [-0.25, -0.2) is 4.39 Å². The Balaban J connectivity index is 0.00000169. The molecule has 1 aromatic carbocycles. The molecule has 0 bridgehead atoms. The van der Waals surface area contributed by atoms with E-state index in [9.17, 15) is 4.39 Å². The lowest BCUT2D eigenvalue weighted by atomic mass is 10.1. The smallest absolute Gasteiger partial charge is 0.0875 e. The standard InChI is InChI=1S/C10H11ClFN.ClH/c11-10-3-1-2-8(5-10)4-9(6-12)7-13;/h1-3,5-6H,4,7,13H2;1H/b9-6-;. The molecule has 1 rings (SSSR count). The summed E-state index contributed by atoms with van der Waals surface area (Å²) in [5, 5.41) is 0.660. The molecule has 0 aromatic heterocycles. The molecule has 0 aliphatic heterocycles. The Morgan fingerprint density at radius 1 is 1.50 bits per heavy atom. The third-order valence-electron chi connectivity index (χ3n) is 1.74. The van der Waals surface area contributed by atoms with Gasteiger partial charge in [0.1, 0.15) is 0 Å². The van der Waals surface area contributed by atoms with Gasteiger partial charge in [-0.15, -0.1) is 12.4 Å². The van der Waals surface area contributed by atoms with Gasteiger partial charge < -0.3 is 5.73 Å². The zero-order valence-electron chi connectivity index (χ0n) is 7.54. The van der Waals surface area contributed by atoms with Crippen LogP contribution in [0.5, 0.6) is 0 Å². The molecule has 0 spiro atoms. The van der Waals surface area contributed by atoms with Crippen molar-refractivity contribution >= 4 is 24.0 Å². The Morgan fingerprint density at radius 2 is 2.21 bits per heavy atom. The van der Waals surface area contributed by atoms with E-state index in [-0.39, 0.29) is 19.0 Å². The van der Waals surface area contributed by atoms with Crippen LogP contribution in [0, 0.1) is 0 Å². The fourth-order valence-electron chi connectivity index (χ4n) is 1.06. The summed E-state index contributed by atoms with van der Waals surface area (Å²) in [5.41, 5.74) is 6.87. The van der Waals surface area contributed by atoms with Crippen LogP contribution in [0.4, 0.5) is 4.39 Å². The molecule has 0 amide bonds. The number of hydrogen-bond donors (Lipinski definition) is 1. The summed E-state index contributed by atoms with van der Waals surface area (Å²) in [5.74, 6) is 0. The van der Waals surface area contributed by atoms with Crippen molar-refractivity contribution in [2.45, 2.75) is 6.42 Å². The molecule has 0 atom stereocenters. The van der Waals surface area contributed by atoms with Crippen LogP contribution >= 0.6 is 24.0 Å². The van der Waals surface area contributed by atoms with Crippen molar-refractivity contribution in [1.29, 1.82) is 0 Å². The van der Waals surface area contributed by atoms with Crippen LogP contribution in [0.15, 0.2) is 36.2 Å². The fraction of sp³-hybridized carbons (Fsp3) is 0.200. The molecule has 0 aliphatic rings.